The van der Waals surface area contributed by atoms with Gasteiger partial charge >= 0.3 is 5.97 Å². The molecule has 1 aromatic carbocycles. The zero-order chi connectivity index (χ0) is 13.2. The molecule has 0 N–H and O–H groups in total. The highest BCUT2D eigenvalue weighted by Gasteiger charge is 2.28. The quantitative estimate of drug-likeness (QED) is 0.787. The third kappa shape index (κ3) is 2.78. The fraction of sp³-hybridized carbons (Fsp3) is 0.533. The van der Waals surface area contributed by atoms with Gasteiger partial charge < -0.3 is 9.47 Å². The summed E-state index contributed by atoms with van der Waals surface area (Å²) in [6.45, 7) is 1.38. The first-order valence-corrected chi connectivity index (χ1v) is 6.78. The molecule has 2 aliphatic rings. The highest BCUT2D eigenvalue weighted by Crippen LogP contribution is 2.35. The van der Waals surface area contributed by atoms with Crippen molar-refractivity contribution in [3.8, 4) is 0 Å². The smallest absolute Gasteiger partial charge is 0.306 e. The monoisotopic (exact) mass is 264 g/mol. The van der Waals surface area contributed by atoms with E-state index in [9.17, 15) is 9.18 Å². The molecule has 3 rings (SSSR count). The predicted octanol–water partition coefficient (Wildman–Crippen LogP) is 2.78. The van der Waals surface area contributed by atoms with E-state index in [1.807, 2.05) is 0 Å². The van der Waals surface area contributed by atoms with Gasteiger partial charge in [0.1, 0.15) is 11.9 Å². The average Bonchev–Trinajstić information content (AvgIpc) is 3.00. The third-order valence-corrected chi connectivity index (χ3v) is 3.88. The van der Waals surface area contributed by atoms with Crippen molar-refractivity contribution in [1.82, 2.24) is 0 Å². The number of halogens is 1. The molecule has 0 spiro atoms. The van der Waals surface area contributed by atoms with Gasteiger partial charge in [-0.05, 0) is 48.4 Å². The molecule has 1 aliphatic heterocycles. The van der Waals surface area contributed by atoms with Crippen LogP contribution >= 0.6 is 0 Å². The van der Waals surface area contributed by atoms with Crippen molar-refractivity contribution in [3.05, 3.63) is 35.1 Å². The van der Waals surface area contributed by atoms with Crippen LogP contribution < -0.4 is 0 Å². The largest absolute Gasteiger partial charge is 0.457 e. The van der Waals surface area contributed by atoms with Crippen LogP contribution in [0, 0.1) is 11.7 Å². The minimum Gasteiger partial charge on any atom is -0.457 e. The maximum atomic E-state index is 13.2. The van der Waals surface area contributed by atoms with E-state index < -0.39 is 0 Å². The SMILES string of the molecule is O=C(C[C@@H]1CCOC1)O[C@@H]1CCc2ccc(F)cc21. The second-order valence-electron chi connectivity index (χ2n) is 5.29. The van der Waals surface area contributed by atoms with Crippen LogP contribution in [0.5, 0.6) is 0 Å². The number of esters is 1. The molecule has 1 aromatic rings. The van der Waals surface area contributed by atoms with E-state index in [1.165, 1.54) is 12.1 Å². The number of rotatable bonds is 3. The van der Waals surface area contributed by atoms with Crippen LogP contribution in [-0.2, 0) is 20.7 Å². The Kier molecular flexibility index (Phi) is 3.51. The van der Waals surface area contributed by atoms with Crippen LogP contribution in [0.4, 0.5) is 4.39 Å². The standard InChI is InChI=1S/C15H17FO3/c16-12-3-1-11-2-4-14(13(11)8-12)19-15(17)7-10-5-6-18-9-10/h1,3,8,10,14H,2,4-7,9H2/t10-,14+/m0/s1. The van der Waals surface area contributed by atoms with Crippen molar-refractivity contribution in [2.75, 3.05) is 13.2 Å². The normalized spacial score (nSPS) is 25.3. The molecule has 3 nitrogen and oxygen atoms in total. The van der Waals surface area contributed by atoms with Gasteiger partial charge in [0.2, 0.25) is 0 Å². The van der Waals surface area contributed by atoms with Crippen LogP contribution in [0.1, 0.15) is 36.5 Å². The minimum atomic E-state index is -0.277. The number of benzene rings is 1. The maximum Gasteiger partial charge on any atom is 0.306 e. The van der Waals surface area contributed by atoms with Gasteiger partial charge in [-0.15, -0.1) is 0 Å². The molecule has 19 heavy (non-hydrogen) atoms. The van der Waals surface area contributed by atoms with Gasteiger partial charge in [0, 0.05) is 6.61 Å². The van der Waals surface area contributed by atoms with Crippen molar-refractivity contribution in [1.29, 1.82) is 0 Å². The molecule has 4 heteroatoms. The van der Waals surface area contributed by atoms with Gasteiger partial charge in [0.15, 0.2) is 0 Å². The van der Waals surface area contributed by atoms with E-state index >= 15 is 0 Å². The van der Waals surface area contributed by atoms with E-state index in [0.29, 0.717) is 13.0 Å². The van der Waals surface area contributed by atoms with E-state index in [4.69, 9.17) is 9.47 Å². The molecular weight excluding hydrogens is 247 g/mol. The fourth-order valence-corrected chi connectivity index (χ4v) is 2.84. The van der Waals surface area contributed by atoms with Gasteiger partial charge in [-0.2, -0.15) is 0 Å². The molecule has 1 heterocycles. The Morgan fingerprint density at radius 2 is 2.32 bits per heavy atom. The number of fused-ring (bicyclic) bond motifs is 1. The second-order valence-corrected chi connectivity index (χ2v) is 5.29. The number of carbonyl (C=O) groups excluding carboxylic acids is 1. The van der Waals surface area contributed by atoms with Crippen LogP contribution in [0.15, 0.2) is 18.2 Å². The van der Waals surface area contributed by atoms with Crippen LogP contribution in [0.25, 0.3) is 0 Å². The molecule has 0 bridgehead atoms. The highest BCUT2D eigenvalue weighted by molar-refractivity contribution is 5.70. The Morgan fingerprint density at radius 1 is 1.42 bits per heavy atom. The first-order chi connectivity index (χ1) is 9.22. The first-order valence-electron chi connectivity index (χ1n) is 6.78. The lowest BCUT2D eigenvalue weighted by Gasteiger charge is -2.15. The lowest BCUT2D eigenvalue weighted by Crippen LogP contribution is -2.14. The lowest BCUT2D eigenvalue weighted by atomic mass is 10.1. The van der Waals surface area contributed by atoms with E-state index in [-0.39, 0.29) is 23.8 Å². The number of carbonyl (C=O) groups is 1. The number of hydrogen-bond donors (Lipinski definition) is 0. The molecule has 0 amide bonds. The summed E-state index contributed by atoms with van der Waals surface area (Å²) in [6.07, 6.45) is 2.65. The number of hydrogen-bond acceptors (Lipinski definition) is 3. The molecule has 0 radical (unpaired) electrons. The highest BCUT2D eigenvalue weighted by atomic mass is 19.1. The summed E-state index contributed by atoms with van der Waals surface area (Å²) < 4.78 is 24.0. The van der Waals surface area contributed by atoms with Gasteiger partial charge in [0.05, 0.1) is 13.0 Å². The van der Waals surface area contributed by atoms with Gasteiger partial charge in [-0.1, -0.05) is 6.07 Å². The van der Waals surface area contributed by atoms with Crippen LogP contribution in [-0.4, -0.2) is 19.2 Å². The number of aryl methyl sites for hydroxylation is 1. The van der Waals surface area contributed by atoms with E-state index in [0.717, 1.165) is 37.0 Å². The summed E-state index contributed by atoms with van der Waals surface area (Å²) in [7, 11) is 0. The van der Waals surface area contributed by atoms with E-state index in [2.05, 4.69) is 0 Å². The summed E-state index contributed by atoms with van der Waals surface area (Å²) in [5.74, 6) is -0.190. The molecule has 0 unspecified atom stereocenters. The summed E-state index contributed by atoms with van der Waals surface area (Å²) in [6, 6.07) is 4.72. The first kappa shape index (κ1) is 12.6. The van der Waals surface area contributed by atoms with Crippen molar-refractivity contribution >= 4 is 5.97 Å². The van der Waals surface area contributed by atoms with Crippen molar-refractivity contribution in [2.45, 2.75) is 31.8 Å². The third-order valence-electron chi connectivity index (χ3n) is 3.88. The van der Waals surface area contributed by atoms with Crippen molar-refractivity contribution in [3.63, 3.8) is 0 Å². The lowest BCUT2D eigenvalue weighted by molar-refractivity contribution is -0.150. The molecule has 1 saturated heterocycles. The molecular formula is C15H17FO3. The molecule has 0 saturated carbocycles. The Morgan fingerprint density at radius 3 is 3.11 bits per heavy atom. The Hall–Kier alpha value is -1.42. The topological polar surface area (TPSA) is 35.5 Å². The fourth-order valence-electron chi connectivity index (χ4n) is 2.84. The molecule has 102 valence electrons. The molecule has 1 aliphatic carbocycles. The zero-order valence-electron chi connectivity index (χ0n) is 10.7. The second kappa shape index (κ2) is 5.29. The summed E-state index contributed by atoms with van der Waals surface area (Å²) >= 11 is 0. The van der Waals surface area contributed by atoms with Crippen LogP contribution in [0.3, 0.4) is 0 Å². The minimum absolute atomic E-state index is 0.197. The predicted molar refractivity (Wildman–Crippen MR) is 67.1 cm³/mol. The van der Waals surface area contributed by atoms with Crippen molar-refractivity contribution < 1.29 is 18.7 Å². The Labute approximate surface area is 111 Å². The van der Waals surface area contributed by atoms with Gasteiger partial charge in [-0.25, -0.2) is 4.39 Å². The average molecular weight is 264 g/mol. The van der Waals surface area contributed by atoms with Gasteiger partial charge in [-0.3, -0.25) is 4.79 Å². The Balaban J connectivity index is 1.62. The maximum absolute atomic E-state index is 13.2. The summed E-state index contributed by atoms with van der Waals surface area (Å²) in [5, 5.41) is 0. The summed E-state index contributed by atoms with van der Waals surface area (Å²) in [4.78, 5) is 11.9. The zero-order valence-corrected chi connectivity index (χ0v) is 10.7. The van der Waals surface area contributed by atoms with Gasteiger partial charge in [0.25, 0.3) is 0 Å². The summed E-state index contributed by atoms with van der Waals surface area (Å²) in [5.41, 5.74) is 1.92. The van der Waals surface area contributed by atoms with Crippen LogP contribution in [0.2, 0.25) is 0 Å². The van der Waals surface area contributed by atoms with Crippen molar-refractivity contribution in [2.24, 2.45) is 5.92 Å². The molecule has 1 fully saturated rings. The molecule has 0 aromatic heterocycles. The number of ether oxygens (including phenoxy) is 2. The molecule has 2 atom stereocenters. The van der Waals surface area contributed by atoms with E-state index in [1.54, 1.807) is 6.07 Å². The Bertz CT molecular complexity index is 480.